The number of carbonyl (C=O) groups excluding carboxylic acids is 1. The second-order valence-electron chi connectivity index (χ2n) is 5.59. The predicted octanol–water partition coefficient (Wildman–Crippen LogP) is -0.195. The number of fused-ring (bicyclic) bond motifs is 1. The van der Waals surface area contributed by atoms with Crippen LogP contribution in [0.4, 0.5) is 0 Å². The van der Waals surface area contributed by atoms with Crippen molar-refractivity contribution in [2.45, 2.75) is 31.3 Å². The molecular weight excluding hydrogens is 202 g/mol. The molecule has 1 amide bonds. The Morgan fingerprint density at radius 2 is 2.25 bits per heavy atom. The summed E-state index contributed by atoms with van der Waals surface area (Å²) < 4.78 is 0. The van der Waals surface area contributed by atoms with Crippen LogP contribution in [0.25, 0.3) is 0 Å². The van der Waals surface area contributed by atoms with E-state index in [1.54, 1.807) is 0 Å². The lowest BCUT2D eigenvalue weighted by Crippen LogP contribution is -2.45. The summed E-state index contributed by atoms with van der Waals surface area (Å²) in [5.74, 6) is 1.71. The molecule has 0 aromatic rings. The van der Waals surface area contributed by atoms with Gasteiger partial charge < -0.3 is 10.6 Å². The first-order chi connectivity index (χ1) is 7.75. The smallest absolute Gasteiger partial charge is 0.237 e. The summed E-state index contributed by atoms with van der Waals surface area (Å²) in [6, 6.07) is 0.701. The van der Waals surface area contributed by atoms with Crippen molar-refractivity contribution in [3.8, 4) is 0 Å². The molecule has 4 nitrogen and oxygen atoms in total. The highest BCUT2D eigenvalue weighted by Crippen LogP contribution is 2.31. The molecule has 1 saturated carbocycles. The van der Waals surface area contributed by atoms with Gasteiger partial charge >= 0.3 is 0 Å². The van der Waals surface area contributed by atoms with Gasteiger partial charge in [0.05, 0.1) is 6.04 Å². The maximum Gasteiger partial charge on any atom is 0.237 e. The van der Waals surface area contributed by atoms with Crippen LogP contribution < -0.4 is 10.6 Å². The fraction of sp³-hybridized carbons (Fsp3) is 0.917. The molecule has 0 unspecified atom stereocenters. The number of carbonyl (C=O) groups is 1. The molecule has 4 heteroatoms. The van der Waals surface area contributed by atoms with Gasteiger partial charge in [-0.2, -0.15) is 0 Å². The van der Waals surface area contributed by atoms with Crippen molar-refractivity contribution >= 4 is 5.91 Å². The monoisotopic (exact) mass is 223 g/mol. The van der Waals surface area contributed by atoms with E-state index in [1.807, 2.05) is 0 Å². The quantitative estimate of drug-likeness (QED) is 0.697. The van der Waals surface area contributed by atoms with Crippen LogP contribution in [0.1, 0.15) is 19.3 Å². The Balaban J connectivity index is 1.55. The average Bonchev–Trinajstić information content (AvgIpc) is 2.89. The van der Waals surface area contributed by atoms with E-state index in [0.29, 0.717) is 12.0 Å². The third kappa shape index (κ3) is 1.84. The first-order valence-electron chi connectivity index (χ1n) is 6.46. The Morgan fingerprint density at radius 1 is 1.44 bits per heavy atom. The average molecular weight is 223 g/mol. The molecule has 90 valence electrons. The number of nitrogens with one attached hydrogen (secondary N) is 2. The number of likely N-dealkylation sites (tertiary alicyclic amines) is 1. The fourth-order valence-electron chi connectivity index (χ4n) is 3.10. The van der Waals surface area contributed by atoms with Gasteiger partial charge in [0.1, 0.15) is 0 Å². The summed E-state index contributed by atoms with van der Waals surface area (Å²) in [6.07, 6.45) is 3.64. The maximum absolute atomic E-state index is 12.0. The van der Waals surface area contributed by atoms with Gasteiger partial charge in [0.2, 0.25) is 5.91 Å². The lowest BCUT2D eigenvalue weighted by atomic mass is 10.0. The van der Waals surface area contributed by atoms with Gasteiger partial charge in [0.25, 0.3) is 0 Å². The maximum atomic E-state index is 12.0. The number of likely N-dealkylation sites (N-methyl/N-ethyl adjacent to an activating group) is 1. The highest BCUT2D eigenvalue weighted by atomic mass is 16.2. The standard InChI is InChI=1S/C12H21N3O/c1-15-10(4-9-6-13-7-11(9)15)12(16)14-5-8-2-3-8/h8-11,13H,2-7H2,1H3,(H,14,16)/t9-,10-,11+/m0/s1. The van der Waals surface area contributed by atoms with E-state index in [0.717, 1.165) is 32.0 Å². The minimum absolute atomic E-state index is 0.121. The molecule has 0 radical (unpaired) electrons. The zero-order valence-corrected chi connectivity index (χ0v) is 9.91. The Labute approximate surface area is 96.8 Å². The molecule has 0 bridgehead atoms. The van der Waals surface area contributed by atoms with Crippen molar-refractivity contribution in [2.75, 3.05) is 26.7 Å². The zero-order valence-electron chi connectivity index (χ0n) is 9.91. The van der Waals surface area contributed by atoms with E-state index in [2.05, 4.69) is 22.6 Å². The summed E-state index contributed by atoms with van der Waals surface area (Å²) in [5.41, 5.74) is 0. The molecule has 0 aromatic heterocycles. The third-order valence-electron chi connectivity index (χ3n) is 4.41. The molecule has 2 N–H and O–H groups in total. The molecule has 2 saturated heterocycles. The molecule has 3 rings (SSSR count). The fourth-order valence-corrected chi connectivity index (χ4v) is 3.10. The van der Waals surface area contributed by atoms with E-state index >= 15 is 0 Å². The number of nitrogens with zero attached hydrogens (tertiary/aromatic N) is 1. The molecule has 2 heterocycles. The SMILES string of the molecule is CN1[C@@H]2CNC[C@@H]2C[C@H]1C(=O)NCC1CC1. The van der Waals surface area contributed by atoms with E-state index in [4.69, 9.17) is 0 Å². The van der Waals surface area contributed by atoms with Crippen LogP contribution in [0, 0.1) is 11.8 Å². The van der Waals surface area contributed by atoms with Gasteiger partial charge in [-0.25, -0.2) is 0 Å². The molecule has 16 heavy (non-hydrogen) atoms. The molecular formula is C12H21N3O. The molecule has 3 fully saturated rings. The van der Waals surface area contributed by atoms with Gasteiger partial charge in [-0.3, -0.25) is 9.69 Å². The van der Waals surface area contributed by atoms with E-state index in [1.165, 1.54) is 12.8 Å². The van der Waals surface area contributed by atoms with Crippen LogP contribution in [0.5, 0.6) is 0 Å². The van der Waals surface area contributed by atoms with Crippen molar-refractivity contribution < 1.29 is 4.79 Å². The molecule has 3 atom stereocenters. The Morgan fingerprint density at radius 3 is 2.94 bits per heavy atom. The van der Waals surface area contributed by atoms with E-state index in [-0.39, 0.29) is 11.9 Å². The lowest BCUT2D eigenvalue weighted by molar-refractivity contribution is -0.125. The van der Waals surface area contributed by atoms with Crippen molar-refractivity contribution in [3.05, 3.63) is 0 Å². The van der Waals surface area contributed by atoms with Gasteiger partial charge in [-0.15, -0.1) is 0 Å². The Hall–Kier alpha value is -0.610. The summed E-state index contributed by atoms with van der Waals surface area (Å²) in [6.45, 7) is 3.03. The van der Waals surface area contributed by atoms with Gasteiger partial charge in [-0.1, -0.05) is 0 Å². The molecule has 0 aromatic carbocycles. The number of hydrogen-bond donors (Lipinski definition) is 2. The van der Waals surface area contributed by atoms with Crippen molar-refractivity contribution in [1.82, 2.24) is 15.5 Å². The number of hydrogen-bond acceptors (Lipinski definition) is 3. The van der Waals surface area contributed by atoms with Crippen molar-refractivity contribution in [2.24, 2.45) is 11.8 Å². The summed E-state index contributed by atoms with van der Waals surface area (Å²) in [4.78, 5) is 14.3. The summed E-state index contributed by atoms with van der Waals surface area (Å²) >= 11 is 0. The van der Waals surface area contributed by atoms with E-state index < -0.39 is 0 Å². The molecule has 2 aliphatic heterocycles. The third-order valence-corrected chi connectivity index (χ3v) is 4.41. The minimum Gasteiger partial charge on any atom is -0.354 e. The highest BCUT2D eigenvalue weighted by molar-refractivity contribution is 5.82. The van der Waals surface area contributed by atoms with Crippen molar-refractivity contribution in [3.63, 3.8) is 0 Å². The minimum atomic E-state index is 0.121. The second kappa shape index (κ2) is 4.00. The predicted molar refractivity (Wildman–Crippen MR) is 62.0 cm³/mol. The van der Waals surface area contributed by atoms with E-state index in [9.17, 15) is 4.79 Å². The Bertz CT molecular complexity index is 290. The van der Waals surface area contributed by atoms with Gasteiger partial charge in [0, 0.05) is 19.1 Å². The number of amides is 1. The first kappa shape index (κ1) is 10.5. The van der Waals surface area contributed by atoms with Crippen LogP contribution in [-0.4, -0.2) is 49.6 Å². The van der Waals surface area contributed by atoms with Crippen molar-refractivity contribution in [1.29, 1.82) is 0 Å². The van der Waals surface area contributed by atoms with Crippen LogP contribution in [0.2, 0.25) is 0 Å². The largest absolute Gasteiger partial charge is 0.354 e. The molecule has 3 aliphatic rings. The summed E-state index contributed by atoms with van der Waals surface area (Å²) in [7, 11) is 2.10. The molecule has 1 aliphatic carbocycles. The van der Waals surface area contributed by atoms with Crippen LogP contribution in [0.15, 0.2) is 0 Å². The van der Waals surface area contributed by atoms with Gasteiger partial charge in [0.15, 0.2) is 0 Å². The Kier molecular flexibility index (Phi) is 2.64. The highest BCUT2D eigenvalue weighted by Gasteiger charge is 2.44. The van der Waals surface area contributed by atoms with Gasteiger partial charge in [-0.05, 0) is 44.7 Å². The second-order valence-corrected chi connectivity index (χ2v) is 5.59. The first-order valence-corrected chi connectivity index (χ1v) is 6.46. The number of rotatable bonds is 3. The molecule has 0 spiro atoms. The zero-order chi connectivity index (χ0) is 11.1. The summed E-state index contributed by atoms with van der Waals surface area (Å²) in [5, 5.41) is 6.51. The topological polar surface area (TPSA) is 44.4 Å². The lowest BCUT2D eigenvalue weighted by Gasteiger charge is -2.23. The normalized spacial score (nSPS) is 38.7. The van der Waals surface area contributed by atoms with Crippen LogP contribution in [-0.2, 0) is 4.79 Å². The van der Waals surface area contributed by atoms with Crippen LogP contribution >= 0.6 is 0 Å². The van der Waals surface area contributed by atoms with Crippen LogP contribution in [0.3, 0.4) is 0 Å².